The Hall–Kier alpha value is -0.640. The first-order valence-corrected chi connectivity index (χ1v) is 5.80. The van der Waals surface area contributed by atoms with E-state index >= 15 is 0 Å². The predicted octanol–water partition coefficient (Wildman–Crippen LogP) is 3.05. The van der Waals surface area contributed by atoms with Crippen LogP contribution < -0.4 is 5.32 Å². The summed E-state index contributed by atoms with van der Waals surface area (Å²) in [6.07, 6.45) is 2.04. The average molecular weight is 244 g/mol. The van der Waals surface area contributed by atoms with Crippen molar-refractivity contribution in [3.8, 4) is 0 Å². The van der Waals surface area contributed by atoms with Gasteiger partial charge in [-0.05, 0) is 31.5 Å². The fourth-order valence-corrected chi connectivity index (χ4v) is 2.38. The second-order valence-electron chi connectivity index (χ2n) is 4.05. The van der Waals surface area contributed by atoms with Crippen LogP contribution in [0, 0.1) is 5.82 Å². The van der Waals surface area contributed by atoms with E-state index in [-0.39, 0.29) is 18.5 Å². The van der Waals surface area contributed by atoms with Crippen LogP contribution in [-0.4, -0.2) is 13.7 Å². The molecule has 2 rings (SSSR count). The van der Waals surface area contributed by atoms with Crippen molar-refractivity contribution in [3.63, 3.8) is 0 Å². The van der Waals surface area contributed by atoms with Crippen LogP contribution in [0.2, 0.25) is 5.02 Å². The van der Waals surface area contributed by atoms with Crippen molar-refractivity contribution in [1.29, 1.82) is 0 Å². The second kappa shape index (κ2) is 5.13. The van der Waals surface area contributed by atoms with Gasteiger partial charge >= 0.3 is 0 Å². The first-order chi connectivity index (χ1) is 7.72. The number of halogens is 2. The van der Waals surface area contributed by atoms with Crippen molar-refractivity contribution >= 4 is 11.6 Å². The van der Waals surface area contributed by atoms with Gasteiger partial charge in [0, 0.05) is 29.3 Å². The van der Waals surface area contributed by atoms with E-state index in [9.17, 15) is 4.39 Å². The molecule has 1 heterocycles. The molecule has 0 aliphatic carbocycles. The van der Waals surface area contributed by atoms with Gasteiger partial charge in [0.2, 0.25) is 0 Å². The van der Waals surface area contributed by atoms with Crippen molar-refractivity contribution in [2.45, 2.75) is 25.5 Å². The Labute approximate surface area is 99.7 Å². The maximum atomic E-state index is 14.1. The highest BCUT2D eigenvalue weighted by atomic mass is 35.5. The van der Waals surface area contributed by atoms with Crippen LogP contribution in [0.15, 0.2) is 12.1 Å². The molecule has 4 heteroatoms. The number of rotatable bonds is 3. The molecule has 1 unspecified atom stereocenters. The first kappa shape index (κ1) is 11.8. The third-order valence-electron chi connectivity index (χ3n) is 2.88. The highest BCUT2D eigenvalue weighted by Gasteiger charge is 2.21. The lowest BCUT2D eigenvalue weighted by Crippen LogP contribution is -2.15. The number of hydrogen-bond acceptors (Lipinski definition) is 2. The summed E-state index contributed by atoms with van der Waals surface area (Å²) in [5, 5.41) is 3.84. The van der Waals surface area contributed by atoms with E-state index < -0.39 is 0 Å². The molecule has 1 aliphatic rings. The first-order valence-electron chi connectivity index (χ1n) is 5.42. The van der Waals surface area contributed by atoms with Crippen LogP contribution in [0.1, 0.15) is 30.0 Å². The Kier molecular flexibility index (Phi) is 3.79. The lowest BCUT2D eigenvalue weighted by Gasteiger charge is -2.14. The molecule has 1 saturated heterocycles. The lowest BCUT2D eigenvalue weighted by molar-refractivity contribution is 0.181. The third kappa shape index (κ3) is 2.37. The molecule has 0 aromatic heterocycles. The number of hydrogen-bond donors (Lipinski definition) is 1. The Bertz CT molecular complexity index is 378. The molecule has 2 nitrogen and oxygen atoms in total. The van der Waals surface area contributed by atoms with E-state index in [1.807, 2.05) is 0 Å². The lowest BCUT2D eigenvalue weighted by atomic mass is 10.0. The molecule has 0 amide bonds. The van der Waals surface area contributed by atoms with Gasteiger partial charge in [-0.2, -0.15) is 0 Å². The monoisotopic (exact) mass is 243 g/mol. The minimum Gasteiger partial charge on any atom is -0.380 e. The Morgan fingerprint density at radius 2 is 2.38 bits per heavy atom. The smallest absolute Gasteiger partial charge is 0.133 e. The van der Waals surface area contributed by atoms with Crippen molar-refractivity contribution in [3.05, 3.63) is 34.1 Å². The van der Waals surface area contributed by atoms with Crippen molar-refractivity contribution in [1.82, 2.24) is 5.32 Å². The van der Waals surface area contributed by atoms with Gasteiger partial charge in [-0.3, -0.25) is 0 Å². The van der Waals surface area contributed by atoms with E-state index in [1.54, 1.807) is 19.2 Å². The highest BCUT2D eigenvalue weighted by Crippen LogP contribution is 2.30. The van der Waals surface area contributed by atoms with Crippen LogP contribution in [0.4, 0.5) is 4.39 Å². The standard InChI is InChI=1S/C12H15ClFNO/c1-16-7-8-5-9(13)6-10(12(8)14)11-3-2-4-15-11/h5-6,11,15H,2-4,7H2,1H3. The maximum Gasteiger partial charge on any atom is 0.133 e. The summed E-state index contributed by atoms with van der Waals surface area (Å²) >= 11 is 5.99. The molecule has 16 heavy (non-hydrogen) atoms. The Balaban J connectivity index is 2.35. The highest BCUT2D eigenvalue weighted by molar-refractivity contribution is 6.30. The molecule has 0 radical (unpaired) electrons. The Morgan fingerprint density at radius 3 is 3.00 bits per heavy atom. The quantitative estimate of drug-likeness (QED) is 0.881. The fraction of sp³-hybridized carbons (Fsp3) is 0.500. The van der Waals surface area contributed by atoms with Crippen LogP contribution in [0.3, 0.4) is 0 Å². The van der Waals surface area contributed by atoms with Gasteiger partial charge < -0.3 is 10.1 Å². The number of nitrogens with one attached hydrogen (secondary N) is 1. The summed E-state index contributed by atoms with van der Waals surface area (Å²) in [5.41, 5.74) is 1.19. The molecular formula is C12H15ClFNO. The van der Waals surface area contributed by atoms with E-state index in [0.29, 0.717) is 16.1 Å². The molecule has 1 N–H and O–H groups in total. The Morgan fingerprint density at radius 1 is 1.56 bits per heavy atom. The molecule has 0 spiro atoms. The minimum absolute atomic E-state index is 0.0920. The molecular weight excluding hydrogens is 229 g/mol. The van der Waals surface area contributed by atoms with Crippen molar-refractivity contribution in [2.24, 2.45) is 0 Å². The minimum atomic E-state index is -0.189. The van der Waals surface area contributed by atoms with Crippen LogP contribution in [0.25, 0.3) is 0 Å². The molecule has 0 bridgehead atoms. The average Bonchev–Trinajstić information content (AvgIpc) is 2.76. The van der Waals surface area contributed by atoms with Gasteiger partial charge in [-0.25, -0.2) is 4.39 Å². The van der Waals surface area contributed by atoms with Crippen LogP contribution >= 0.6 is 11.6 Å². The third-order valence-corrected chi connectivity index (χ3v) is 3.09. The van der Waals surface area contributed by atoms with Gasteiger partial charge in [0.15, 0.2) is 0 Å². The summed E-state index contributed by atoms with van der Waals surface area (Å²) in [7, 11) is 1.55. The summed E-state index contributed by atoms with van der Waals surface area (Å²) < 4.78 is 19.1. The molecule has 1 fully saturated rings. The summed E-state index contributed by atoms with van der Waals surface area (Å²) in [6, 6.07) is 3.42. The van der Waals surface area contributed by atoms with E-state index in [2.05, 4.69) is 5.32 Å². The van der Waals surface area contributed by atoms with Crippen molar-refractivity contribution in [2.75, 3.05) is 13.7 Å². The zero-order valence-electron chi connectivity index (χ0n) is 9.22. The summed E-state index contributed by atoms with van der Waals surface area (Å²) in [6.45, 7) is 1.20. The van der Waals surface area contributed by atoms with Gasteiger partial charge in [-0.1, -0.05) is 11.6 Å². The van der Waals surface area contributed by atoms with E-state index in [4.69, 9.17) is 16.3 Å². The second-order valence-corrected chi connectivity index (χ2v) is 4.49. The topological polar surface area (TPSA) is 21.3 Å². The predicted molar refractivity (Wildman–Crippen MR) is 62.1 cm³/mol. The van der Waals surface area contributed by atoms with Gasteiger partial charge in [0.1, 0.15) is 5.82 Å². The molecule has 0 saturated carbocycles. The van der Waals surface area contributed by atoms with E-state index in [1.165, 1.54) is 0 Å². The molecule has 88 valence electrons. The van der Waals surface area contributed by atoms with Crippen LogP contribution in [0.5, 0.6) is 0 Å². The van der Waals surface area contributed by atoms with E-state index in [0.717, 1.165) is 19.4 Å². The van der Waals surface area contributed by atoms with Crippen molar-refractivity contribution < 1.29 is 9.13 Å². The zero-order valence-corrected chi connectivity index (χ0v) is 9.98. The molecule has 1 aliphatic heterocycles. The number of ether oxygens (including phenoxy) is 1. The fourth-order valence-electron chi connectivity index (χ4n) is 2.13. The number of methoxy groups -OCH3 is 1. The summed E-state index contributed by atoms with van der Waals surface area (Å²) in [4.78, 5) is 0. The molecule has 1 aromatic rings. The van der Waals surface area contributed by atoms with Gasteiger partial charge in [0.05, 0.1) is 6.61 Å². The summed E-state index contributed by atoms with van der Waals surface area (Å²) in [5.74, 6) is -0.189. The zero-order chi connectivity index (χ0) is 11.5. The maximum absolute atomic E-state index is 14.1. The normalized spacial score (nSPS) is 20.3. The molecule has 1 atom stereocenters. The van der Waals surface area contributed by atoms with Gasteiger partial charge in [0.25, 0.3) is 0 Å². The SMILES string of the molecule is COCc1cc(Cl)cc(C2CCCN2)c1F. The number of benzene rings is 1. The van der Waals surface area contributed by atoms with Gasteiger partial charge in [-0.15, -0.1) is 0 Å². The largest absolute Gasteiger partial charge is 0.380 e. The van der Waals surface area contributed by atoms with Crippen LogP contribution in [-0.2, 0) is 11.3 Å². The molecule has 1 aromatic carbocycles.